The first-order chi connectivity index (χ1) is 10.3. The summed E-state index contributed by atoms with van der Waals surface area (Å²) in [4.78, 5) is 1.41. The van der Waals surface area contributed by atoms with Gasteiger partial charge in [0.25, 0.3) is 0 Å². The topological polar surface area (TPSA) is 21.3 Å². The van der Waals surface area contributed by atoms with Crippen molar-refractivity contribution in [2.45, 2.75) is 77.7 Å². The molecule has 1 unspecified atom stereocenters. The molecule has 0 radical (unpaired) electrons. The smallest absolute Gasteiger partial charge is 0.129 e. The first-order valence-electron chi connectivity index (χ1n) is 8.67. The van der Waals surface area contributed by atoms with Gasteiger partial charge in [0.2, 0.25) is 0 Å². The van der Waals surface area contributed by atoms with E-state index >= 15 is 0 Å². The number of unbranched alkanes of at least 4 members (excludes halogenated alkanes) is 7. The Kier molecular flexibility index (Phi) is 10.6. The molecule has 0 aliphatic carbocycles. The SMILES string of the molecule is CCCCCCCCCCC(NCC)c1cc(OC)cs1. The zero-order chi connectivity index (χ0) is 15.3. The average molecular weight is 312 g/mol. The second-order valence-electron chi connectivity index (χ2n) is 5.76. The summed E-state index contributed by atoms with van der Waals surface area (Å²) in [5.74, 6) is 0.994. The van der Waals surface area contributed by atoms with E-state index in [9.17, 15) is 0 Å². The van der Waals surface area contributed by atoms with Gasteiger partial charge in [-0.1, -0.05) is 65.2 Å². The highest BCUT2D eigenvalue weighted by Crippen LogP contribution is 2.30. The highest BCUT2D eigenvalue weighted by Gasteiger charge is 2.12. The number of methoxy groups -OCH3 is 1. The van der Waals surface area contributed by atoms with Crippen LogP contribution in [0, 0.1) is 0 Å². The molecule has 1 heterocycles. The number of nitrogens with one attached hydrogen (secondary N) is 1. The van der Waals surface area contributed by atoms with E-state index in [-0.39, 0.29) is 0 Å². The molecular formula is C18H33NOS. The summed E-state index contributed by atoms with van der Waals surface area (Å²) in [6.07, 6.45) is 12.3. The van der Waals surface area contributed by atoms with Crippen LogP contribution in [-0.4, -0.2) is 13.7 Å². The van der Waals surface area contributed by atoms with Crippen LogP contribution in [0.15, 0.2) is 11.4 Å². The van der Waals surface area contributed by atoms with Gasteiger partial charge in [-0.15, -0.1) is 11.3 Å². The molecule has 2 nitrogen and oxygen atoms in total. The lowest BCUT2D eigenvalue weighted by Gasteiger charge is -2.16. The van der Waals surface area contributed by atoms with Crippen LogP contribution >= 0.6 is 11.3 Å². The van der Waals surface area contributed by atoms with E-state index in [0.717, 1.165) is 12.3 Å². The first kappa shape index (κ1) is 18.5. The summed E-state index contributed by atoms with van der Waals surface area (Å²) < 4.78 is 5.30. The summed E-state index contributed by atoms with van der Waals surface area (Å²) >= 11 is 1.81. The van der Waals surface area contributed by atoms with Crippen LogP contribution in [0.3, 0.4) is 0 Å². The van der Waals surface area contributed by atoms with E-state index in [2.05, 4.69) is 30.6 Å². The predicted octanol–water partition coefficient (Wildman–Crippen LogP) is 5.94. The van der Waals surface area contributed by atoms with Crippen LogP contribution in [-0.2, 0) is 0 Å². The molecule has 0 aliphatic heterocycles. The van der Waals surface area contributed by atoms with Crippen LogP contribution < -0.4 is 10.1 Å². The van der Waals surface area contributed by atoms with Crippen molar-refractivity contribution in [1.82, 2.24) is 5.32 Å². The summed E-state index contributed by atoms with van der Waals surface area (Å²) in [5.41, 5.74) is 0. The van der Waals surface area contributed by atoms with Gasteiger partial charge in [-0.05, 0) is 19.0 Å². The Bertz CT molecular complexity index is 351. The van der Waals surface area contributed by atoms with Gasteiger partial charge >= 0.3 is 0 Å². The predicted molar refractivity (Wildman–Crippen MR) is 94.5 cm³/mol. The van der Waals surface area contributed by atoms with Crippen molar-refractivity contribution < 1.29 is 4.74 Å². The van der Waals surface area contributed by atoms with Crippen molar-refractivity contribution in [3.05, 3.63) is 16.3 Å². The van der Waals surface area contributed by atoms with Gasteiger partial charge in [-0.3, -0.25) is 0 Å². The van der Waals surface area contributed by atoms with Gasteiger partial charge in [0.05, 0.1) is 7.11 Å². The van der Waals surface area contributed by atoms with Crippen molar-refractivity contribution in [2.75, 3.05) is 13.7 Å². The molecule has 0 saturated carbocycles. The summed E-state index contributed by atoms with van der Waals surface area (Å²) in [6.45, 7) is 5.49. The first-order valence-corrected chi connectivity index (χ1v) is 9.55. The minimum absolute atomic E-state index is 0.504. The number of hydrogen-bond donors (Lipinski definition) is 1. The second-order valence-corrected chi connectivity index (χ2v) is 6.71. The zero-order valence-corrected chi connectivity index (χ0v) is 14.9. The fourth-order valence-electron chi connectivity index (χ4n) is 2.70. The van der Waals surface area contributed by atoms with Gasteiger partial charge in [0, 0.05) is 16.3 Å². The van der Waals surface area contributed by atoms with Gasteiger partial charge in [-0.25, -0.2) is 0 Å². The largest absolute Gasteiger partial charge is 0.496 e. The maximum atomic E-state index is 5.30. The highest BCUT2D eigenvalue weighted by atomic mass is 32.1. The molecule has 1 atom stereocenters. The zero-order valence-electron chi connectivity index (χ0n) is 14.1. The fourth-order valence-corrected chi connectivity index (χ4v) is 3.66. The molecule has 1 aromatic heterocycles. The molecule has 0 amide bonds. The fraction of sp³-hybridized carbons (Fsp3) is 0.778. The van der Waals surface area contributed by atoms with Gasteiger partial charge in [-0.2, -0.15) is 0 Å². The number of rotatable bonds is 13. The maximum Gasteiger partial charge on any atom is 0.129 e. The van der Waals surface area contributed by atoms with Crippen LogP contribution in [0.5, 0.6) is 5.75 Å². The second kappa shape index (κ2) is 12.0. The van der Waals surface area contributed by atoms with Crippen LogP contribution in [0.1, 0.15) is 82.6 Å². The molecule has 0 aromatic carbocycles. The lowest BCUT2D eigenvalue weighted by atomic mass is 10.0. The molecule has 1 rings (SSSR count). The monoisotopic (exact) mass is 311 g/mol. The number of hydrogen-bond acceptors (Lipinski definition) is 3. The normalized spacial score (nSPS) is 12.5. The molecule has 1 aromatic rings. The summed E-state index contributed by atoms with van der Waals surface area (Å²) in [7, 11) is 1.74. The Morgan fingerprint density at radius 1 is 1.05 bits per heavy atom. The van der Waals surface area contributed by atoms with Crippen LogP contribution in [0.2, 0.25) is 0 Å². The number of thiophene rings is 1. The Balaban J connectivity index is 2.19. The van der Waals surface area contributed by atoms with Gasteiger partial charge in [0.1, 0.15) is 5.75 Å². The van der Waals surface area contributed by atoms with Crippen molar-refractivity contribution in [3.63, 3.8) is 0 Å². The maximum absolute atomic E-state index is 5.30. The van der Waals surface area contributed by atoms with Crippen molar-refractivity contribution in [1.29, 1.82) is 0 Å². The van der Waals surface area contributed by atoms with E-state index in [1.165, 1.54) is 62.7 Å². The molecule has 122 valence electrons. The van der Waals surface area contributed by atoms with Gasteiger partial charge < -0.3 is 10.1 Å². The van der Waals surface area contributed by atoms with Crippen molar-refractivity contribution >= 4 is 11.3 Å². The molecule has 0 aliphatic rings. The molecule has 1 N–H and O–H groups in total. The number of ether oxygens (including phenoxy) is 1. The quantitative estimate of drug-likeness (QED) is 0.455. The molecular weight excluding hydrogens is 278 g/mol. The Morgan fingerprint density at radius 2 is 1.71 bits per heavy atom. The summed E-state index contributed by atoms with van der Waals surface area (Å²) in [6, 6.07) is 2.69. The third-order valence-electron chi connectivity index (χ3n) is 3.97. The summed E-state index contributed by atoms with van der Waals surface area (Å²) in [5, 5.41) is 5.71. The van der Waals surface area contributed by atoms with Crippen molar-refractivity contribution in [3.8, 4) is 5.75 Å². The molecule has 0 fully saturated rings. The molecule has 21 heavy (non-hydrogen) atoms. The Labute approximate surface area is 135 Å². The lowest BCUT2D eigenvalue weighted by Crippen LogP contribution is -2.19. The van der Waals surface area contributed by atoms with E-state index in [1.807, 2.05) is 11.3 Å². The van der Waals surface area contributed by atoms with Crippen LogP contribution in [0.4, 0.5) is 0 Å². The third kappa shape index (κ3) is 7.87. The van der Waals surface area contributed by atoms with E-state index in [4.69, 9.17) is 4.74 Å². The Hall–Kier alpha value is -0.540. The lowest BCUT2D eigenvalue weighted by molar-refractivity contribution is 0.415. The minimum Gasteiger partial charge on any atom is -0.496 e. The average Bonchev–Trinajstić information content (AvgIpc) is 2.97. The molecule has 0 spiro atoms. The standard InChI is InChI=1S/C18H33NOS/c1-4-6-7-8-9-10-11-12-13-17(19-5-2)18-14-16(20-3)15-21-18/h14-15,17,19H,4-13H2,1-3H3. The van der Waals surface area contributed by atoms with E-state index in [0.29, 0.717) is 6.04 Å². The molecule has 0 saturated heterocycles. The minimum atomic E-state index is 0.504. The van der Waals surface area contributed by atoms with E-state index in [1.54, 1.807) is 7.11 Å². The highest BCUT2D eigenvalue weighted by molar-refractivity contribution is 7.10. The van der Waals surface area contributed by atoms with Crippen molar-refractivity contribution in [2.24, 2.45) is 0 Å². The molecule has 3 heteroatoms. The van der Waals surface area contributed by atoms with Gasteiger partial charge in [0.15, 0.2) is 0 Å². The third-order valence-corrected chi connectivity index (χ3v) is 5.00. The van der Waals surface area contributed by atoms with Crippen LogP contribution in [0.25, 0.3) is 0 Å². The Morgan fingerprint density at radius 3 is 2.29 bits per heavy atom. The molecule has 0 bridgehead atoms. The van der Waals surface area contributed by atoms with E-state index < -0.39 is 0 Å².